The van der Waals surface area contributed by atoms with Crippen molar-refractivity contribution in [1.82, 2.24) is 0 Å². The molecule has 6 N–H and O–H groups in total. The van der Waals surface area contributed by atoms with Crippen molar-refractivity contribution in [2.24, 2.45) is 0 Å². The summed E-state index contributed by atoms with van der Waals surface area (Å²) in [6, 6.07) is 0. The Morgan fingerprint density at radius 1 is 0.667 bits per heavy atom. The maximum atomic E-state index is 9.30. The third-order valence-corrected chi connectivity index (χ3v) is 5.43. The molecule has 2 atom stereocenters. The van der Waals surface area contributed by atoms with Crippen LogP contribution in [0.1, 0.15) is 0 Å². The van der Waals surface area contributed by atoms with Gasteiger partial charge >= 0.3 is 127 Å². The molecule has 0 aliphatic rings. The van der Waals surface area contributed by atoms with E-state index in [4.69, 9.17) is 33.7 Å². The van der Waals surface area contributed by atoms with Crippen LogP contribution in [0.15, 0.2) is 0 Å². The molecule has 128 valence electrons. The van der Waals surface area contributed by atoms with Gasteiger partial charge in [0, 0.05) is 0 Å². The number of aliphatic hydroxyl groups is 6. The fraction of sp³-hybridized carbons (Fsp3) is 1.00. The molecule has 0 rings (SSSR count). The Labute approximate surface area is 127 Å². The molecule has 0 heterocycles. The van der Waals surface area contributed by atoms with Crippen LogP contribution >= 0.6 is 0 Å². The Morgan fingerprint density at radius 3 is 1.33 bits per heavy atom. The first kappa shape index (κ1) is 21.3. The zero-order valence-electron chi connectivity index (χ0n) is 11.6. The Hall–Kier alpha value is 0.314. The summed E-state index contributed by atoms with van der Waals surface area (Å²) >= 11 is -4.44. The molecule has 0 aromatic rings. The molecule has 0 saturated heterocycles. The third kappa shape index (κ3) is 9.84. The maximum absolute atomic E-state index is 9.30. The first-order chi connectivity index (χ1) is 10.0. The van der Waals surface area contributed by atoms with Crippen LogP contribution in [-0.4, -0.2) is 95.7 Å². The average Bonchev–Trinajstić information content (AvgIpc) is 2.52. The molecule has 0 bridgehead atoms. The van der Waals surface area contributed by atoms with Gasteiger partial charge in [-0.25, -0.2) is 0 Å². The van der Waals surface area contributed by atoms with E-state index < -0.39 is 43.6 Å². The number of hydrogen-bond donors (Lipinski definition) is 6. The molecule has 0 aromatic carbocycles. The van der Waals surface area contributed by atoms with Crippen molar-refractivity contribution in [3.63, 3.8) is 0 Å². The van der Waals surface area contributed by atoms with Gasteiger partial charge in [-0.1, -0.05) is 0 Å². The molecule has 0 fully saturated rings. The van der Waals surface area contributed by atoms with Crippen LogP contribution in [0.25, 0.3) is 0 Å². The van der Waals surface area contributed by atoms with Crippen molar-refractivity contribution in [2.45, 2.75) is 12.2 Å². The second kappa shape index (κ2) is 12.8. The quantitative estimate of drug-likeness (QED) is 0.174. The van der Waals surface area contributed by atoms with Crippen molar-refractivity contribution in [2.75, 3.05) is 52.9 Å². The monoisotopic (exact) mass is 352 g/mol. The van der Waals surface area contributed by atoms with E-state index in [1.54, 1.807) is 0 Å². The van der Waals surface area contributed by atoms with Crippen LogP contribution in [-0.2, 0) is 31.4 Å². The van der Waals surface area contributed by atoms with Gasteiger partial charge in [-0.2, -0.15) is 0 Å². The molecule has 21 heavy (non-hydrogen) atoms. The number of rotatable bonds is 14. The summed E-state index contributed by atoms with van der Waals surface area (Å²) in [4.78, 5) is 0. The summed E-state index contributed by atoms with van der Waals surface area (Å²) in [6.45, 7) is -2.80. The van der Waals surface area contributed by atoms with Crippen molar-refractivity contribution in [3.05, 3.63) is 0 Å². The molecule has 0 saturated carbocycles. The van der Waals surface area contributed by atoms with Crippen molar-refractivity contribution >= 4 is 0 Å². The van der Waals surface area contributed by atoms with E-state index >= 15 is 0 Å². The van der Waals surface area contributed by atoms with Crippen LogP contribution in [0.4, 0.5) is 0 Å². The summed E-state index contributed by atoms with van der Waals surface area (Å²) in [5.41, 5.74) is 0. The van der Waals surface area contributed by atoms with Gasteiger partial charge in [0.05, 0.1) is 0 Å². The fourth-order valence-corrected chi connectivity index (χ4v) is 4.18. The topological polar surface area (TPSA) is 158 Å². The minimum atomic E-state index is -4.44. The zero-order chi connectivity index (χ0) is 16.1. The molecule has 10 nitrogen and oxygen atoms in total. The molecule has 0 aromatic heterocycles. The normalized spacial score (nSPS) is 15.1. The summed E-state index contributed by atoms with van der Waals surface area (Å²) in [7, 11) is 0. The van der Waals surface area contributed by atoms with Gasteiger partial charge in [0.2, 0.25) is 0 Å². The van der Waals surface area contributed by atoms with Crippen molar-refractivity contribution in [1.29, 1.82) is 0 Å². The molecular formula is C10H24O10Ti. The zero-order valence-corrected chi connectivity index (χ0v) is 13.2. The van der Waals surface area contributed by atoms with Gasteiger partial charge in [-0.05, 0) is 0 Å². The Bertz CT molecular complexity index is 220. The van der Waals surface area contributed by atoms with Crippen molar-refractivity contribution in [3.8, 4) is 0 Å². The second-order valence-electron chi connectivity index (χ2n) is 3.94. The second-order valence-corrected chi connectivity index (χ2v) is 7.30. The van der Waals surface area contributed by atoms with Gasteiger partial charge < -0.3 is 0 Å². The first-order valence-corrected chi connectivity index (χ1v) is 8.94. The number of aliphatic hydroxyl groups excluding tert-OH is 6. The molecule has 11 heteroatoms. The molecule has 0 spiro atoms. The molecule has 0 radical (unpaired) electrons. The Kier molecular flexibility index (Phi) is 13.0. The molecule has 0 aliphatic heterocycles. The molecular weight excluding hydrogens is 328 g/mol. The molecule has 0 amide bonds. The van der Waals surface area contributed by atoms with Crippen LogP contribution in [0, 0.1) is 0 Å². The molecule has 2 unspecified atom stereocenters. The van der Waals surface area contributed by atoms with Gasteiger partial charge in [0.15, 0.2) is 0 Å². The fourth-order valence-electron chi connectivity index (χ4n) is 1.09. The van der Waals surface area contributed by atoms with Crippen LogP contribution in [0.2, 0.25) is 0 Å². The summed E-state index contributed by atoms with van der Waals surface area (Å²) in [6.07, 6.45) is -2.37. The Balaban J connectivity index is 4.73. The van der Waals surface area contributed by atoms with Gasteiger partial charge in [-0.15, -0.1) is 0 Å². The molecule has 0 aliphatic carbocycles. The summed E-state index contributed by atoms with van der Waals surface area (Å²) in [5.74, 6) is 0. The van der Waals surface area contributed by atoms with Crippen LogP contribution < -0.4 is 0 Å². The van der Waals surface area contributed by atoms with E-state index in [1.807, 2.05) is 0 Å². The predicted octanol–water partition coefficient (Wildman–Crippen LogP) is -3.44. The van der Waals surface area contributed by atoms with Gasteiger partial charge in [0.1, 0.15) is 0 Å². The SMILES string of the molecule is OCC[O][Ti]([O]CCO)([O]CC(O)CO)[O]CC(O)CO. The minimum absolute atomic E-state index is 0.171. The van der Waals surface area contributed by atoms with E-state index in [0.29, 0.717) is 0 Å². The van der Waals surface area contributed by atoms with Gasteiger partial charge in [0.25, 0.3) is 0 Å². The van der Waals surface area contributed by atoms with E-state index in [0.717, 1.165) is 0 Å². The first-order valence-electron chi connectivity index (χ1n) is 6.39. The van der Waals surface area contributed by atoms with E-state index in [-0.39, 0.29) is 39.6 Å². The van der Waals surface area contributed by atoms with E-state index in [2.05, 4.69) is 0 Å². The van der Waals surface area contributed by atoms with Crippen LogP contribution in [0.3, 0.4) is 0 Å². The Morgan fingerprint density at radius 2 is 1.05 bits per heavy atom. The van der Waals surface area contributed by atoms with Crippen molar-refractivity contribution < 1.29 is 62.1 Å². The predicted molar refractivity (Wildman–Crippen MR) is 64.2 cm³/mol. The summed E-state index contributed by atoms with van der Waals surface area (Å²) < 4.78 is 21.0. The van der Waals surface area contributed by atoms with Crippen LogP contribution in [0.5, 0.6) is 0 Å². The number of hydrogen-bond acceptors (Lipinski definition) is 10. The standard InChI is InChI=1S/2C3H7O3.2C2H5O2.Ti/c2*4-1-3(6)2-5;2*3-1-2-4;/h2*3-4,6H,1-2H2;2*3H,1-2H2;/q4*-1;+4. The average molecular weight is 352 g/mol. The van der Waals surface area contributed by atoms with E-state index in [1.165, 1.54) is 0 Å². The van der Waals surface area contributed by atoms with Gasteiger partial charge in [-0.3, -0.25) is 0 Å². The third-order valence-electron chi connectivity index (χ3n) is 2.07. The summed E-state index contributed by atoms with van der Waals surface area (Å²) in [5, 5.41) is 53.7. The van der Waals surface area contributed by atoms with E-state index in [9.17, 15) is 10.2 Å².